The van der Waals surface area contributed by atoms with Gasteiger partial charge in [0.15, 0.2) is 0 Å². The third-order valence-corrected chi connectivity index (χ3v) is 7.58. The molecule has 1 unspecified atom stereocenters. The second-order valence-corrected chi connectivity index (χ2v) is 9.74. The maximum Gasteiger partial charge on any atom is 0.389 e. The van der Waals surface area contributed by atoms with Crippen molar-refractivity contribution in [1.82, 2.24) is 10.2 Å². The number of fused-ring (bicyclic) bond motifs is 2. The van der Waals surface area contributed by atoms with Crippen LogP contribution in [0.2, 0.25) is 0 Å². The van der Waals surface area contributed by atoms with Crippen molar-refractivity contribution >= 4 is 5.91 Å². The Hall–Kier alpha value is -2.69. The highest BCUT2D eigenvalue weighted by Gasteiger charge is 2.52. The number of hydrogen-bond donors (Lipinski definition) is 1. The van der Waals surface area contributed by atoms with Crippen LogP contribution in [0.1, 0.15) is 56.1 Å². The first-order valence-electron chi connectivity index (χ1n) is 11.3. The molecule has 0 bridgehead atoms. The van der Waals surface area contributed by atoms with Crippen LogP contribution in [0.15, 0.2) is 29.5 Å². The predicted molar refractivity (Wildman–Crippen MR) is 110 cm³/mol. The molecule has 2 aliphatic carbocycles. The van der Waals surface area contributed by atoms with Gasteiger partial charge in [0.05, 0.1) is 12.1 Å². The van der Waals surface area contributed by atoms with Crippen LogP contribution in [0.5, 0.6) is 5.75 Å². The molecule has 2 spiro atoms. The Morgan fingerprint density at radius 2 is 2.00 bits per heavy atom. The maximum absolute atomic E-state index is 12.9. The van der Waals surface area contributed by atoms with Crippen LogP contribution < -0.4 is 10.1 Å². The van der Waals surface area contributed by atoms with Gasteiger partial charge in [-0.05, 0) is 55.4 Å². The topological polar surface area (TPSA) is 65.4 Å². The fraction of sp³-hybridized carbons (Fsp3) is 0.583. The molecular formula is C24H26F3N3O2. The van der Waals surface area contributed by atoms with Gasteiger partial charge >= 0.3 is 6.18 Å². The molecule has 170 valence electrons. The van der Waals surface area contributed by atoms with Gasteiger partial charge in [-0.25, -0.2) is 0 Å². The molecule has 32 heavy (non-hydrogen) atoms. The standard InChI is InChI=1S/C24H26F3N3O2/c25-24(26,27)8-2-10-32-17-3-4-19-16(11-17)5-9-23(19)12-20(18(13-28)21(31)29-23)30-14-22(15-30)6-1-7-22/h3-4,11H,1-2,5-10,12,14-15H2,(H,29,31). The number of likely N-dealkylation sites (tertiary alicyclic amines) is 1. The van der Waals surface area contributed by atoms with Crippen LogP contribution in [-0.4, -0.2) is 36.7 Å². The summed E-state index contributed by atoms with van der Waals surface area (Å²) in [4.78, 5) is 15.1. The zero-order chi connectivity index (χ0) is 22.6. The number of halogens is 3. The average Bonchev–Trinajstić information content (AvgIpc) is 2.99. The molecule has 5 nitrogen and oxygen atoms in total. The predicted octanol–water partition coefficient (Wildman–Crippen LogP) is 4.33. The SMILES string of the molecule is N#CC1=C(N2CC3(CCC3)C2)CC2(CCc3cc(OCCCC(F)(F)F)ccc32)NC1=O. The van der Waals surface area contributed by atoms with Crippen LogP contribution >= 0.6 is 0 Å². The fourth-order valence-electron chi connectivity index (χ4n) is 5.75. The van der Waals surface area contributed by atoms with Crippen molar-refractivity contribution in [2.24, 2.45) is 5.41 Å². The molecule has 1 N–H and O–H groups in total. The van der Waals surface area contributed by atoms with Gasteiger partial charge in [-0.15, -0.1) is 0 Å². The third kappa shape index (κ3) is 3.62. The second-order valence-electron chi connectivity index (χ2n) is 9.74. The van der Waals surface area contributed by atoms with Crippen LogP contribution in [0, 0.1) is 16.7 Å². The minimum atomic E-state index is -4.17. The largest absolute Gasteiger partial charge is 0.494 e. The lowest BCUT2D eigenvalue weighted by molar-refractivity contribution is -0.136. The van der Waals surface area contributed by atoms with E-state index in [9.17, 15) is 23.2 Å². The monoisotopic (exact) mass is 445 g/mol. The van der Waals surface area contributed by atoms with E-state index in [0.29, 0.717) is 17.6 Å². The minimum absolute atomic E-state index is 0.00923. The fourth-order valence-corrected chi connectivity index (χ4v) is 5.75. The molecule has 0 radical (unpaired) electrons. The molecule has 2 fully saturated rings. The summed E-state index contributed by atoms with van der Waals surface area (Å²) in [5.41, 5.74) is 2.98. The van der Waals surface area contributed by atoms with Crippen molar-refractivity contribution in [3.8, 4) is 11.8 Å². The number of carbonyl (C=O) groups is 1. The van der Waals surface area contributed by atoms with Crippen molar-refractivity contribution in [3.05, 3.63) is 40.6 Å². The molecule has 5 rings (SSSR count). The van der Waals surface area contributed by atoms with E-state index in [1.54, 1.807) is 6.07 Å². The lowest BCUT2D eigenvalue weighted by Crippen LogP contribution is -2.61. The molecule has 4 aliphatic rings. The number of nitrogens with zero attached hydrogens (tertiary/aromatic N) is 2. The highest BCUT2D eigenvalue weighted by atomic mass is 19.4. The highest BCUT2D eigenvalue weighted by molar-refractivity contribution is 5.99. The van der Waals surface area contributed by atoms with Gasteiger partial charge in [0.25, 0.3) is 5.91 Å². The van der Waals surface area contributed by atoms with E-state index < -0.39 is 18.1 Å². The number of benzene rings is 1. The molecular weight excluding hydrogens is 419 g/mol. The van der Waals surface area contributed by atoms with Gasteiger partial charge in [-0.3, -0.25) is 4.79 Å². The summed E-state index contributed by atoms with van der Waals surface area (Å²) in [5.74, 6) is 0.233. The Balaban J connectivity index is 1.32. The molecule has 2 heterocycles. The number of hydrogen-bond acceptors (Lipinski definition) is 4. The Labute approximate surface area is 185 Å². The number of aryl methyl sites for hydroxylation is 1. The summed E-state index contributed by atoms with van der Waals surface area (Å²) in [7, 11) is 0. The van der Waals surface area contributed by atoms with E-state index in [4.69, 9.17) is 4.74 Å². The lowest BCUT2D eigenvalue weighted by atomic mass is 9.63. The van der Waals surface area contributed by atoms with Gasteiger partial charge in [0, 0.05) is 37.0 Å². The first kappa shape index (κ1) is 21.2. The van der Waals surface area contributed by atoms with E-state index in [0.717, 1.165) is 42.8 Å². The van der Waals surface area contributed by atoms with Crippen molar-refractivity contribution in [2.45, 2.75) is 63.1 Å². The molecule has 1 aromatic rings. The Morgan fingerprint density at radius 1 is 1.22 bits per heavy atom. The van der Waals surface area contributed by atoms with Gasteiger partial charge in [-0.1, -0.05) is 12.5 Å². The molecule has 1 saturated carbocycles. The number of nitrogens with one attached hydrogen (secondary N) is 1. The molecule has 2 aliphatic heterocycles. The molecule has 1 saturated heterocycles. The summed E-state index contributed by atoms with van der Waals surface area (Å²) in [6, 6.07) is 7.68. The summed E-state index contributed by atoms with van der Waals surface area (Å²) in [5, 5.41) is 12.7. The van der Waals surface area contributed by atoms with Gasteiger partial charge in [0.2, 0.25) is 0 Å². The number of alkyl halides is 3. The maximum atomic E-state index is 12.9. The van der Waals surface area contributed by atoms with Crippen molar-refractivity contribution in [1.29, 1.82) is 5.26 Å². The van der Waals surface area contributed by atoms with E-state index in [2.05, 4.69) is 16.3 Å². The Bertz CT molecular complexity index is 1010. The summed E-state index contributed by atoms with van der Waals surface area (Å²) >= 11 is 0. The van der Waals surface area contributed by atoms with E-state index in [1.165, 1.54) is 19.3 Å². The van der Waals surface area contributed by atoms with Crippen molar-refractivity contribution < 1.29 is 22.7 Å². The molecule has 1 atom stereocenters. The zero-order valence-electron chi connectivity index (χ0n) is 17.9. The average molecular weight is 445 g/mol. The normalized spacial score (nSPS) is 25.8. The van der Waals surface area contributed by atoms with E-state index in [1.807, 2.05) is 12.1 Å². The lowest BCUT2D eigenvalue weighted by Gasteiger charge is -2.58. The number of nitriles is 1. The summed E-state index contributed by atoms with van der Waals surface area (Å²) in [6.45, 7) is 1.86. The zero-order valence-corrected chi connectivity index (χ0v) is 17.9. The Kier molecular flexibility index (Phi) is 4.92. The van der Waals surface area contributed by atoms with E-state index in [-0.39, 0.29) is 24.5 Å². The summed E-state index contributed by atoms with van der Waals surface area (Å²) in [6.07, 6.45) is 0.669. The molecule has 1 aromatic carbocycles. The minimum Gasteiger partial charge on any atom is -0.494 e. The van der Waals surface area contributed by atoms with Crippen molar-refractivity contribution in [3.63, 3.8) is 0 Å². The number of rotatable bonds is 5. The van der Waals surface area contributed by atoms with E-state index >= 15 is 0 Å². The number of amides is 1. The summed E-state index contributed by atoms with van der Waals surface area (Å²) < 4.78 is 42.5. The van der Waals surface area contributed by atoms with Gasteiger partial charge in [0.1, 0.15) is 17.4 Å². The first-order valence-corrected chi connectivity index (χ1v) is 11.3. The molecule has 1 amide bonds. The number of ether oxygens (including phenoxy) is 1. The second kappa shape index (κ2) is 7.43. The smallest absolute Gasteiger partial charge is 0.389 e. The molecule has 0 aromatic heterocycles. The van der Waals surface area contributed by atoms with Crippen LogP contribution in [0.3, 0.4) is 0 Å². The Morgan fingerprint density at radius 3 is 2.66 bits per heavy atom. The van der Waals surface area contributed by atoms with Crippen LogP contribution in [0.4, 0.5) is 13.2 Å². The number of carbonyl (C=O) groups excluding carboxylic acids is 1. The van der Waals surface area contributed by atoms with Crippen LogP contribution in [-0.2, 0) is 16.8 Å². The molecule has 8 heteroatoms. The van der Waals surface area contributed by atoms with Crippen LogP contribution in [0.25, 0.3) is 0 Å². The first-order chi connectivity index (χ1) is 15.2. The highest BCUT2D eigenvalue weighted by Crippen LogP contribution is 2.52. The van der Waals surface area contributed by atoms with Gasteiger partial charge < -0.3 is 15.0 Å². The third-order valence-electron chi connectivity index (χ3n) is 7.58. The van der Waals surface area contributed by atoms with Gasteiger partial charge in [-0.2, -0.15) is 18.4 Å². The quantitative estimate of drug-likeness (QED) is 0.685. The van der Waals surface area contributed by atoms with Crippen molar-refractivity contribution in [2.75, 3.05) is 19.7 Å².